The van der Waals surface area contributed by atoms with Gasteiger partial charge in [0.15, 0.2) is 11.7 Å². The van der Waals surface area contributed by atoms with Crippen molar-refractivity contribution >= 4 is 17.6 Å². The monoisotopic (exact) mass is 394 g/mol. The minimum atomic E-state index is -0.309. The van der Waals surface area contributed by atoms with Crippen LogP contribution in [0.15, 0.2) is 59.5 Å². The highest BCUT2D eigenvalue weighted by molar-refractivity contribution is 5.98. The summed E-state index contributed by atoms with van der Waals surface area (Å²) in [6.07, 6.45) is 5.22. The summed E-state index contributed by atoms with van der Waals surface area (Å²) in [4.78, 5) is 36.7. The topological polar surface area (TPSA) is 79.5 Å². The van der Waals surface area contributed by atoms with Crippen LogP contribution in [0.5, 0.6) is 0 Å². The van der Waals surface area contributed by atoms with E-state index < -0.39 is 0 Å². The second-order valence-electron chi connectivity index (χ2n) is 6.73. The molecule has 1 aliphatic heterocycles. The molecule has 4 rings (SSSR count). The summed E-state index contributed by atoms with van der Waals surface area (Å²) in [6, 6.07) is 9.17. The van der Waals surface area contributed by atoms with E-state index in [0.29, 0.717) is 43.3 Å². The predicted octanol–water partition coefficient (Wildman–Crippen LogP) is 3.47. The minimum absolute atomic E-state index is 0.0679. The van der Waals surface area contributed by atoms with E-state index in [2.05, 4.69) is 9.97 Å². The fourth-order valence-electron chi connectivity index (χ4n) is 3.23. The Morgan fingerprint density at radius 1 is 1.10 bits per heavy atom. The number of pyridine rings is 1. The van der Waals surface area contributed by atoms with Crippen molar-refractivity contribution in [2.24, 2.45) is 0 Å². The van der Waals surface area contributed by atoms with E-state index >= 15 is 0 Å². The van der Waals surface area contributed by atoms with Gasteiger partial charge in [0.1, 0.15) is 17.9 Å². The molecule has 7 nitrogen and oxygen atoms in total. The predicted molar refractivity (Wildman–Crippen MR) is 103 cm³/mol. The third-order valence-corrected chi connectivity index (χ3v) is 4.78. The lowest BCUT2D eigenvalue weighted by Crippen LogP contribution is -2.32. The molecule has 2 aromatic heterocycles. The Kier molecular flexibility index (Phi) is 5.33. The van der Waals surface area contributed by atoms with Gasteiger partial charge in [-0.3, -0.25) is 9.69 Å². The van der Waals surface area contributed by atoms with E-state index in [4.69, 9.17) is 4.42 Å². The van der Waals surface area contributed by atoms with Crippen molar-refractivity contribution in [2.45, 2.75) is 19.4 Å². The maximum Gasteiger partial charge on any atom is 0.326 e. The Balaban J connectivity index is 1.41. The van der Waals surface area contributed by atoms with Crippen LogP contribution in [0.4, 0.5) is 15.0 Å². The first-order valence-electron chi connectivity index (χ1n) is 9.28. The van der Waals surface area contributed by atoms with Crippen molar-refractivity contribution in [3.63, 3.8) is 0 Å². The van der Waals surface area contributed by atoms with Gasteiger partial charge in [0.25, 0.3) is 0 Å². The first kappa shape index (κ1) is 18.8. The maximum atomic E-state index is 13.1. The summed E-state index contributed by atoms with van der Waals surface area (Å²) < 4.78 is 18.2. The number of amides is 2. The highest BCUT2D eigenvalue weighted by Crippen LogP contribution is 2.21. The van der Waals surface area contributed by atoms with E-state index in [1.165, 1.54) is 24.6 Å². The van der Waals surface area contributed by atoms with Gasteiger partial charge in [0, 0.05) is 44.2 Å². The molecule has 3 aromatic rings. The number of oxazole rings is 1. The zero-order chi connectivity index (χ0) is 20.2. The largest absolute Gasteiger partial charge is 0.449 e. The van der Waals surface area contributed by atoms with Crippen molar-refractivity contribution < 1.29 is 18.4 Å². The molecule has 29 heavy (non-hydrogen) atoms. The fraction of sp³-hybridized carbons (Fsp3) is 0.238. The van der Waals surface area contributed by atoms with Crippen molar-refractivity contribution in [1.82, 2.24) is 14.9 Å². The molecule has 0 saturated carbocycles. The van der Waals surface area contributed by atoms with Gasteiger partial charge in [-0.2, -0.15) is 0 Å². The molecule has 0 bridgehead atoms. The zero-order valence-electron chi connectivity index (χ0n) is 15.6. The third-order valence-electron chi connectivity index (χ3n) is 4.78. The summed E-state index contributed by atoms with van der Waals surface area (Å²) >= 11 is 0. The van der Waals surface area contributed by atoms with Gasteiger partial charge in [-0.05, 0) is 29.8 Å². The van der Waals surface area contributed by atoms with Crippen molar-refractivity contribution in [1.29, 1.82) is 0 Å². The number of nitrogens with zero attached hydrogens (tertiary/aromatic N) is 4. The van der Waals surface area contributed by atoms with Crippen LogP contribution in [0, 0.1) is 5.82 Å². The van der Waals surface area contributed by atoms with Crippen LogP contribution in [0.2, 0.25) is 0 Å². The third kappa shape index (κ3) is 4.31. The van der Waals surface area contributed by atoms with Gasteiger partial charge in [0.05, 0.1) is 6.20 Å². The number of urea groups is 1. The number of ketones is 1. The quantitative estimate of drug-likeness (QED) is 0.574. The van der Waals surface area contributed by atoms with E-state index in [1.54, 1.807) is 40.3 Å². The van der Waals surface area contributed by atoms with Crippen LogP contribution >= 0.6 is 0 Å². The van der Waals surface area contributed by atoms with Crippen LogP contribution in [-0.2, 0) is 13.0 Å². The Bertz CT molecular complexity index is 1010. The second kappa shape index (κ2) is 8.22. The van der Waals surface area contributed by atoms with E-state index in [1.807, 2.05) is 0 Å². The van der Waals surface area contributed by atoms with Gasteiger partial charge in [-0.25, -0.2) is 19.2 Å². The van der Waals surface area contributed by atoms with E-state index in [9.17, 15) is 14.0 Å². The van der Waals surface area contributed by atoms with Crippen molar-refractivity contribution in [3.8, 4) is 0 Å². The van der Waals surface area contributed by atoms with Gasteiger partial charge in [0.2, 0.25) is 0 Å². The van der Waals surface area contributed by atoms with Crippen LogP contribution in [0.3, 0.4) is 0 Å². The maximum absolute atomic E-state index is 13.1. The van der Waals surface area contributed by atoms with Gasteiger partial charge in [-0.15, -0.1) is 0 Å². The normalized spacial score (nSPS) is 13.9. The molecule has 148 valence electrons. The number of benzene rings is 1. The summed E-state index contributed by atoms with van der Waals surface area (Å²) in [6.45, 7) is 1.39. The minimum Gasteiger partial charge on any atom is -0.449 e. The molecule has 2 amide bonds. The Labute approximate surface area is 166 Å². The molecule has 3 heterocycles. The second-order valence-corrected chi connectivity index (χ2v) is 6.73. The molecule has 0 spiro atoms. The Hall–Kier alpha value is -3.55. The average Bonchev–Trinajstić information content (AvgIpc) is 3.38. The summed E-state index contributed by atoms with van der Waals surface area (Å²) in [5.74, 6) is 0.579. The number of aromatic nitrogens is 2. The van der Waals surface area contributed by atoms with Gasteiger partial charge in [-0.1, -0.05) is 12.1 Å². The molecule has 1 aromatic carbocycles. The first-order valence-corrected chi connectivity index (χ1v) is 9.28. The first-order chi connectivity index (χ1) is 14.1. The molecule has 0 radical (unpaired) electrons. The van der Waals surface area contributed by atoms with E-state index in [0.717, 1.165) is 5.56 Å². The molecule has 1 saturated heterocycles. The lowest BCUT2D eigenvalue weighted by Gasteiger charge is -2.18. The fourth-order valence-corrected chi connectivity index (χ4v) is 3.23. The van der Waals surface area contributed by atoms with E-state index in [-0.39, 0.29) is 24.1 Å². The highest BCUT2D eigenvalue weighted by atomic mass is 19.1. The molecule has 8 heteroatoms. The number of hydrogen-bond donors (Lipinski definition) is 0. The molecule has 0 atom stereocenters. The summed E-state index contributed by atoms with van der Waals surface area (Å²) in [5, 5.41) is 0. The summed E-state index contributed by atoms with van der Waals surface area (Å²) in [5.41, 5.74) is 1.34. The highest BCUT2D eigenvalue weighted by Gasteiger charge is 2.30. The van der Waals surface area contributed by atoms with Crippen LogP contribution in [-0.4, -0.2) is 39.8 Å². The van der Waals surface area contributed by atoms with Crippen LogP contribution < -0.4 is 4.90 Å². The lowest BCUT2D eigenvalue weighted by molar-refractivity contribution is 0.0980. The Morgan fingerprint density at radius 2 is 1.93 bits per heavy atom. The molecule has 0 aliphatic carbocycles. The molecular weight excluding hydrogens is 375 g/mol. The molecule has 0 N–H and O–H groups in total. The number of halogens is 1. The smallest absolute Gasteiger partial charge is 0.326 e. The standard InChI is InChI=1S/C21H19FN4O3/c22-17-3-1-15(2-4-17)14-25-10-11-26(21(25)28)19-13-16(7-8-23-19)18(27)5-6-20-24-9-12-29-20/h1-4,7-9,12-13H,5-6,10-11,14H2. The van der Waals surface area contributed by atoms with Crippen LogP contribution in [0.1, 0.15) is 28.2 Å². The number of carbonyl (C=O) groups is 2. The molecule has 1 aliphatic rings. The number of hydrogen-bond acceptors (Lipinski definition) is 5. The van der Waals surface area contributed by atoms with Crippen LogP contribution in [0.25, 0.3) is 0 Å². The molecular formula is C21H19FN4O3. The number of rotatable bonds is 7. The average molecular weight is 394 g/mol. The molecule has 1 fully saturated rings. The van der Waals surface area contributed by atoms with Crippen molar-refractivity contribution in [2.75, 3.05) is 18.0 Å². The zero-order valence-corrected chi connectivity index (χ0v) is 15.6. The lowest BCUT2D eigenvalue weighted by atomic mass is 10.1. The SMILES string of the molecule is O=C(CCc1ncco1)c1ccnc(N2CCN(Cc3ccc(F)cc3)C2=O)c1. The summed E-state index contributed by atoms with van der Waals surface area (Å²) in [7, 11) is 0. The number of anilines is 1. The number of carbonyl (C=O) groups excluding carboxylic acids is 2. The number of aryl methyl sites for hydroxylation is 1. The van der Waals surface area contributed by atoms with Crippen molar-refractivity contribution in [3.05, 3.63) is 77.9 Å². The number of Topliss-reactive ketones (excluding diaryl/α,β-unsaturated/α-hetero) is 1. The van der Waals surface area contributed by atoms with Gasteiger partial charge >= 0.3 is 6.03 Å². The Morgan fingerprint density at radius 3 is 2.69 bits per heavy atom. The van der Waals surface area contributed by atoms with Gasteiger partial charge < -0.3 is 9.32 Å². The molecule has 0 unspecified atom stereocenters.